The molecule has 0 amide bonds. The van der Waals surface area contributed by atoms with E-state index in [0.717, 1.165) is 19.4 Å². The van der Waals surface area contributed by atoms with Crippen molar-refractivity contribution >= 4 is 5.97 Å². The molecule has 0 aromatic carbocycles. The molecule has 1 fully saturated rings. The number of aliphatic carboxylic acids is 1. The molecule has 1 atom stereocenters. The number of carbonyl (C=O) groups excluding carboxylic acids is 1. The Bertz CT molecular complexity index is 214. The number of hydrogen-bond donors (Lipinski definition) is 0. The molecule has 11 heavy (non-hydrogen) atoms. The Labute approximate surface area is 108 Å². The van der Waals surface area contributed by atoms with Crippen LogP contribution in [0.25, 0.3) is 0 Å². The van der Waals surface area contributed by atoms with Crippen LogP contribution < -0.4 is 56.5 Å². The summed E-state index contributed by atoms with van der Waals surface area (Å²) in [5, 5.41) is 10.4. The van der Waals surface area contributed by atoms with Gasteiger partial charge in [-0.25, -0.2) is 0 Å². The molecule has 0 saturated carbocycles. The molecular weight excluding hydrogens is 169 g/mol. The summed E-state index contributed by atoms with van der Waals surface area (Å²) in [4.78, 5) is 12.3. The van der Waals surface area contributed by atoms with Crippen LogP contribution in [0.1, 0.15) is 12.8 Å². The van der Waals surface area contributed by atoms with E-state index in [1.807, 2.05) is 4.90 Å². The van der Waals surface area contributed by atoms with Gasteiger partial charge in [0, 0.05) is 12.6 Å². The van der Waals surface area contributed by atoms with Crippen LogP contribution in [0.2, 0.25) is 0 Å². The fourth-order valence-corrected chi connectivity index (χ4v) is 1.57. The minimum absolute atomic E-state index is 0. The summed E-state index contributed by atoms with van der Waals surface area (Å²) in [7, 11) is 0. The van der Waals surface area contributed by atoms with E-state index in [-0.39, 0.29) is 51.4 Å². The van der Waals surface area contributed by atoms with E-state index in [9.17, 15) is 9.90 Å². The van der Waals surface area contributed by atoms with E-state index in [1.165, 1.54) is 0 Å². The molecule has 1 unspecified atom stereocenters. The Kier molecular flexibility index (Phi) is 3.16. The van der Waals surface area contributed by atoms with E-state index in [0.29, 0.717) is 11.7 Å². The first-order valence-corrected chi connectivity index (χ1v) is 3.47. The van der Waals surface area contributed by atoms with Crippen LogP contribution in [0, 0.1) is 0 Å². The summed E-state index contributed by atoms with van der Waals surface area (Å²) in [6, 6.07) is 0.480. The molecular formula is C7H8KNO2. The molecule has 0 bridgehead atoms. The summed E-state index contributed by atoms with van der Waals surface area (Å²) in [5.74, 6) is -1.03. The van der Waals surface area contributed by atoms with Crippen LogP contribution in [0.4, 0.5) is 0 Å². The average Bonchev–Trinajstić information content (AvgIpc) is 2.07. The Morgan fingerprint density at radius 3 is 2.73 bits per heavy atom. The van der Waals surface area contributed by atoms with Crippen molar-refractivity contribution in [3.63, 3.8) is 0 Å². The van der Waals surface area contributed by atoms with Crippen LogP contribution in [-0.2, 0) is 4.79 Å². The molecule has 0 spiro atoms. The van der Waals surface area contributed by atoms with Gasteiger partial charge in [-0.3, -0.25) is 0 Å². The van der Waals surface area contributed by atoms with Crippen molar-refractivity contribution in [2.75, 3.05) is 6.54 Å². The molecule has 4 heteroatoms. The van der Waals surface area contributed by atoms with Crippen molar-refractivity contribution < 1.29 is 61.3 Å². The number of carboxylic acids is 1. The number of nitrogens with zero attached hydrogens (tertiary/aromatic N) is 1. The second kappa shape index (κ2) is 3.58. The Morgan fingerprint density at radius 1 is 1.73 bits per heavy atom. The molecule has 3 nitrogen and oxygen atoms in total. The van der Waals surface area contributed by atoms with E-state index in [2.05, 4.69) is 0 Å². The molecule has 0 aromatic heterocycles. The maximum atomic E-state index is 10.4. The fourth-order valence-electron chi connectivity index (χ4n) is 1.57. The number of fused-ring (bicyclic) bond motifs is 1. The summed E-state index contributed by atoms with van der Waals surface area (Å²) in [6.45, 7) is 0.893. The minimum atomic E-state index is -1.03. The Hall–Kier alpha value is 0.646. The second-order valence-electron chi connectivity index (χ2n) is 2.75. The van der Waals surface area contributed by atoms with E-state index < -0.39 is 5.97 Å². The van der Waals surface area contributed by atoms with Crippen LogP contribution in [0.15, 0.2) is 11.8 Å². The maximum Gasteiger partial charge on any atom is 1.00 e. The molecule has 0 N–H and O–H groups in total. The zero-order valence-electron chi connectivity index (χ0n) is 6.54. The molecule has 2 aliphatic rings. The van der Waals surface area contributed by atoms with E-state index in [4.69, 9.17) is 0 Å². The minimum Gasteiger partial charge on any atom is -0.543 e. The van der Waals surface area contributed by atoms with E-state index >= 15 is 0 Å². The maximum absolute atomic E-state index is 10.4. The van der Waals surface area contributed by atoms with Crippen LogP contribution in [-0.4, -0.2) is 23.5 Å². The third kappa shape index (κ3) is 1.55. The summed E-state index contributed by atoms with van der Waals surface area (Å²) >= 11 is 0. The van der Waals surface area contributed by atoms with Gasteiger partial charge < -0.3 is 14.8 Å². The number of hydrogen-bond acceptors (Lipinski definition) is 3. The van der Waals surface area contributed by atoms with E-state index in [1.54, 1.807) is 6.08 Å². The molecule has 2 heterocycles. The topological polar surface area (TPSA) is 43.4 Å². The van der Waals surface area contributed by atoms with Crippen molar-refractivity contribution in [1.29, 1.82) is 0 Å². The first-order chi connectivity index (χ1) is 4.79. The number of rotatable bonds is 1. The second-order valence-corrected chi connectivity index (χ2v) is 2.75. The van der Waals surface area contributed by atoms with Gasteiger partial charge in [-0.2, -0.15) is 0 Å². The number of carbonyl (C=O) groups is 1. The molecule has 0 radical (unpaired) electrons. The Morgan fingerprint density at radius 2 is 2.45 bits per heavy atom. The molecule has 0 aliphatic carbocycles. The molecule has 54 valence electrons. The van der Waals surface area contributed by atoms with Crippen LogP contribution in [0.5, 0.6) is 0 Å². The van der Waals surface area contributed by atoms with Crippen molar-refractivity contribution in [1.82, 2.24) is 4.90 Å². The molecule has 2 rings (SSSR count). The predicted molar refractivity (Wildman–Crippen MR) is 32.8 cm³/mol. The van der Waals surface area contributed by atoms with Gasteiger partial charge in [0.15, 0.2) is 0 Å². The zero-order valence-corrected chi connectivity index (χ0v) is 9.66. The summed E-state index contributed by atoms with van der Waals surface area (Å²) in [6.07, 6.45) is 3.78. The molecule has 2 aliphatic heterocycles. The molecule has 1 saturated heterocycles. The average molecular weight is 177 g/mol. The third-order valence-electron chi connectivity index (χ3n) is 2.25. The van der Waals surface area contributed by atoms with Crippen molar-refractivity contribution in [2.24, 2.45) is 0 Å². The SMILES string of the molecule is O=C([O-])C1=CCC2CCN12.[K+]. The number of carboxylic acid groups (broad SMARTS) is 1. The fraction of sp³-hybridized carbons (Fsp3) is 0.571. The standard InChI is InChI=1S/C7H9NO2.K/c9-7(10)6-2-1-5-3-4-8(5)6;/h2,5H,1,3-4H2,(H,9,10);/q;+1/p-1. The monoisotopic (exact) mass is 177 g/mol. The van der Waals surface area contributed by atoms with Gasteiger partial charge in [-0.05, 0) is 12.8 Å². The van der Waals surface area contributed by atoms with Crippen molar-refractivity contribution in [3.8, 4) is 0 Å². The summed E-state index contributed by atoms with van der Waals surface area (Å²) < 4.78 is 0. The first-order valence-electron chi connectivity index (χ1n) is 3.47. The van der Waals surface area contributed by atoms with Gasteiger partial charge in [0.2, 0.25) is 0 Å². The first kappa shape index (κ1) is 9.73. The van der Waals surface area contributed by atoms with Gasteiger partial charge in [0.25, 0.3) is 0 Å². The Balaban J connectivity index is 0.000000605. The smallest absolute Gasteiger partial charge is 0.543 e. The summed E-state index contributed by atoms with van der Waals surface area (Å²) in [5.41, 5.74) is 0.399. The quantitative estimate of drug-likeness (QED) is 0.385. The molecule has 0 aromatic rings. The predicted octanol–water partition coefficient (Wildman–Crippen LogP) is -3.90. The van der Waals surface area contributed by atoms with Crippen molar-refractivity contribution in [2.45, 2.75) is 18.9 Å². The van der Waals surface area contributed by atoms with Gasteiger partial charge >= 0.3 is 51.4 Å². The van der Waals surface area contributed by atoms with Gasteiger partial charge in [-0.15, -0.1) is 0 Å². The van der Waals surface area contributed by atoms with Crippen LogP contribution >= 0.6 is 0 Å². The van der Waals surface area contributed by atoms with Crippen molar-refractivity contribution in [3.05, 3.63) is 11.8 Å². The largest absolute Gasteiger partial charge is 1.00 e. The van der Waals surface area contributed by atoms with Gasteiger partial charge in [-0.1, -0.05) is 6.08 Å². The van der Waals surface area contributed by atoms with Gasteiger partial charge in [0.1, 0.15) is 0 Å². The third-order valence-corrected chi connectivity index (χ3v) is 2.25. The van der Waals surface area contributed by atoms with Gasteiger partial charge in [0.05, 0.1) is 11.7 Å². The zero-order chi connectivity index (χ0) is 7.14. The van der Waals surface area contributed by atoms with Crippen LogP contribution in [0.3, 0.4) is 0 Å². The normalized spacial score (nSPS) is 26.4.